The van der Waals surface area contributed by atoms with E-state index in [9.17, 15) is 9.59 Å². The molecule has 2 amide bonds. The number of nitrogens with zero attached hydrogens (tertiary/aromatic N) is 1. The fourth-order valence-corrected chi connectivity index (χ4v) is 1.93. The molecule has 1 aliphatic heterocycles. The van der Waals surface area contributed by atoms with Gasteiger partial charge in [-0.15, -0.1) is 0 Å². The molecule has 15 heavy (non-hydrogen) atoms. The minimum absolute atomic E-state index is 0.0229. The summed E-state index contributed by atoms with van der Waals surface area (Å²) in [4.78, 5) is 25.3. The van der Waals surface area contributed by atoms with Crippen LogP contribution in [0.2, 0.25) is 0 Å². The van der Waals surface area contributed by atoms with Crippen LogP contribution in [0.1, 0.15) is 34.1 Å². The van der Waals surface area contributed by atoms with E-state index < -0.39 is 0 Å². The summed E-state index contributed by atoms with van der Waals surface area (Å²) >= 11 is 0. The first-order valence-electron chi connectivity index (χ1n) is 5.58. The molecule has 4 heteroatoms. The summed E-state index contributed by atoms with van der Waals surface area (Å²) in [6, 6.07) is -0.657. The highest BCUT2D eigenvalue weighted by atomic mass is 16.2. The van der Waals surface area contributed by atoms with Crippen molar-refractivity contribution in [1.82, 2.24) is 10.2 Å². The molecule has 0 bridgehead atoms. The Hall–Kier alpha value is -1.06. The van der Waals surface area contributed by atoms with Crippen LogP contribution in [0.15, 0.2) is 0 Å². The molecule has 86 valence electrons. The number of hydrogen-bond donors (Lipinski definition) is 1. The molecule has 0 aromatic carbocycles. The summed E-state index contributed by atoms with van der Waals surface area (Å²) in [6.45, 7) is 8.43. The highest BCUT2D eigenvalue weighted by Crippen LogP contribution is 2.14. The molecule has 1 fully saturated rings. The average molecular weight is 212 g/mol. The quantitative estimate of drug-likeness (QED) is 0.751. The molecule has 2 atom stereocenters. The number of carbonyl (C=O) groups excluding carboxylic acids is 2. The molecule has 0 aromatic heterocycles. The van der Waals surface area contributed by atoms with Gasteiger partial charge in [0.25, 0.3) is 0 Å². The monoisotopic (exact) mass is 212 g/mol. The van der Waals surface area contributed by atoms with Crippen LogP contribution >= 0.6 is 0 Å². The Labute approximate surface area is 91.0 Å². The topological polar surface area (TPSA) is 49.4 Å². The molecule has 1 heterocycles. The predicted octanol–water partition coefficient (Wildman–Crippen LogP) is 0.768. The van der Waals surface area contributed by atoms with E-state index in [-0.39, 0.29) is 23.9 Å². The van der Waals surface area contributed by atoms with E-state index in [0.717, 1.165) is 0 Å². The first-order chi connectivity index (χ1) is 6.97. The molecule has 1 aliphatic rings. The molecule has 1 rings (SSSR count). The van der Waals surface area contributed by atoms with Crippen molar-refractivity contribution in [2.24, 2.45) is 5.92 Å². The third-order valence-corrected chi connectivity index (χ3v) is 2.64. The summed E-state index contributed by atoms with van der Waals surface area (Å²) in [7, 11) is 0. The van der Waals surface area contributed by atoms with E-state index in [4.69, 9.17) is 0 Å². The molecule has 4 nitrogen and oxygen atoms in total. The van der Waals surface area contributed by atoms with Gasteiger partial charge in [0.1, 0.15) is 12.1 Å². The Balaban J connectivity index is 2.83. The normalized spacial score (nSPS) is 27.1. The van der Waals surface area contributed by atoms with Crippen molar-refractivity contribution in [1.29, 1.82) is 0 Å². The lowest BCUT2D eigenvalue weighted by atomic mass is 10.0. The Bertz CT molecular complexity index is 263. The molecular weight excluding hydrogens is 192 g/mol. The average Bonchev–Trinajstić information content (AvgIpc) is 2.13. The maximum Gasteiger partial charge on any atom is 0.245 e. The fourth-order valence-electron chi connectivity index (χ4n) is 1.93. The smallest absolute Gasteiger partial charge is 0.245 e. The van der Waals surface area contributed by atoms with Crippen molar-refractivity contribution in [3.8, 4) is 0 Å². The van der Waals surface area contributed by atoms with Gasteiger partial charge in [-0.3, -0.25) is 9.59 Å². The predicted molar refractivity (Wildman–Crippen MR) is 58.2 cm³/mol. The van der Waals surface area contributed by atoms with Gasteiger partial charge in [0.15, 0.2) is 0 Å². The molecule has 0 radical (unpaired) electrons. The van der Waals surface area contributed by atoms with Crippen molar-refractivity contribution >= 4 is 11.8 Å². The van der Waals surface area contributed by atoms with Gasteiger partial charge < -0.3 is 10.2 Å². The molecule has 0 aliphatic carbocycles. The molecule has 0 saturated carbocycles. The van der Waals surface area contributed by atoms with Crippen LogP contribution in [-0.4, -0.2) is 35.3 Å². The lowest BCUT2D eigenvalue weighted by Crippen LogP contribution is -2.62. The van der Waals surface area contributed by atoms with Crippen LogP contribution in [0.4, 0.5) is 0 Å². The van der Waals surface area contributed by atoms with Crippen LogP contribution in [-0.2, 0) is 9.59 Å². The van der Waals surface area contributed by atoms with E-state index in [1.807, 2.05) is 6.92 Å². The molecular formula is C11H20N2O2. The Morgan fingerprint density at radius 1 is 1.40 bits per heavy atom. The van der Waals surface area contributed by atoms with Gasteiger partial charge in [0.2, 0.25) is 11.8 Å². The number of rotatable bonds is 3. The summed E-state index contributed by atoms with van der Waals surface area (Å²) < 4.78 is 0. The lowest BCUT2D eigenvalue weighted by molar-refractivity contribution is -0.149. The molecule has 2 unspecified atom stereocenters. The van der Waals surface area contributed by atoms with Gasteiger partial charge in [-0.05, 0) is 19.3 Å². The maximum atomic E-state index is 11.9. The molecule has 1 saturated heterocycles. The minimum Gasteiger partial charge on any atom is -0.343 e. The maximum absolute atomic E-state index is 11.9. The Morgan fingerprint density at radius 3 is 2.47 bits per heavy atom. The second-order valence-electron chi connectivity index (χ2n) is 4.54. The van der Waals surface area contributed by atoms with E-state index >= 15 is 0 Å². The molecule has 0 spiro atoms. The van der Waals surface area contributed by atoms with Crippen LogP contribution < -0.4 is 5.32 Å². The zero-order valence-electron chi connectivity index (χ0n) is 9.91. The number of carbonyl (C=O) groups is 2. The fraction of sp³-hybridized carbons (Fsp3) is 0.818. The van der Waals surface area contributed by atoms with E-state index in [1.54, 1.807) is 11.8 Å². The van der Waals surface area contributed by atoms with Crippen LogP contribution in [0.3, 0.4) is 0 Å². The highest BCUT2D eigenvalue weighted by molar-refractivity contribution is 5.96. The third-order valence-electron chi connectivity index (χ3n) is 2.64. The van der Waals surface area contributed by atoms with Gasteiger partial charge >= 0.3 is 0 Å². The summed E-state index contributed by atoms with van der Waals surface area (Å²) in [6.07, 6.45) is 0.678. The van der Waals surface area contributed by atoms with E-state index in [0.29, 0.717) is 18.9 Å². The van der Waals surface area contributed by atoms with Crippen molar-refractivity contribution in [2.75, 3.05) is 6.54 Å². The number of amides is 2. The lowest BCUT2D eigenvalue weighted by Gasteiger charge is -2.38. The number of piperazine rings is 1. The van der Waals surface area contributed by atoms with Gasteiger partial charge in [-0.25, -0.2) is 0 Å². The van der Waals surface area contributed by atoms with Crippen LogP contribution in [0.5, 0.6) is 0 Å². The van der Waals surface area contributed by atoms with Crippen molar-refractivity contribution < 1.29 is 9.59 Å². The van der Waals surface area contributed by atoms with Crippen molar-refractivity contribution in [2.45, 2.75) is 46.2 Å². The number of nitrogens with one attached hydrogen (secondary N) is 1. The first kappa shape index (κ1) is 12.0. The van der Waals surface area contributed by atoms with Gasteiger partial charge in [0, 0.05) is 6.54 Å². The first-order valence-corrected chi connectivity index (χ1v) is 5.58. The standard InChI is InChI=1S/C11H20N2O2/c1-5-9-10(14)12-8(4)11(15)13(9)6-7(2)3/h7-9H,5-6H2,1-4H3,(H,12,14). The second-order valence-corrected chi connectivity index (χ2v) is 4.54. The Morgan fingerprint density at radius 2 is 2.00 bits per heavy atom. The van der Waals surface area contributed by atoms with Crippen LogP contribution in [0, 0.1) is 5.92 Å². The zero-order chi connectivity index (χ0) is 11.6. The van der Waals surface area contributed by atoms with Gasteiger partial charge in [0.05, 0.1) is 0 Å². The molecule has 1 N–H and O–H groups in total. The third kappa shape index (κ3) is 2.49. The summed E-state index contributed by atoms with van der Waals surface area (Å²) in [5.74, 6) is 0.404. The second kappa shape index (κ2) is 4.64. The van der Waals surface area contributed by atoms with E-state index in [2.05, 4.69) is 19.2 Å². The summed E-state index contributed by atoms with van der Waals surface area (Å²) in [5.41, 5.74) is 0. The number of hydrogen-bond acceptors (Lipinski definition) is 2. The SMILES string of the molecule is CCC1C(=O)NC(C)C(=O)N1CC(C)C. The van der Waals surface area contributed by atoms with Crippen LogP contribution in [0.25, 0.3) is 0 Å². The largest absolute Gasteiger partial charge is 0.343 e. The van der Waals surface area contributed by atoms with E-state index in [1.165, 1.54) is 0 Å². The van der Waals surface area contributed by atoms with Crippen molar-refractivity contribution in [3.63, 3.8) is 0 Å². The highest BCUT2D eigenvalue weighted by Gasteiger charge is 2.37. The Kier molecular flexibility index (Phi) is 3.72. The van der Waals surface area contributed by atoms with Gasteiger partial charge in [-0.1, -0.05) is 20.8 Å². The minimum atomic E-state index is -0.376. The molecule has 0 aromatic rings. The summed E-state index contributed by atoms with van der Waals surface area (Å²) in [5, 5.41) is 2.70. The van der Waals surface area contributed by atoms with Gasteiger partial charge in [-0.2, -0.15) is 0 Å². The zero-order valence-corrected chi connectivity index (χ0v) is 9.91. The van der Waals surface area contributed by atoms with Crippen molar-refractivity contribution in [3.05, 3.63) is 0 Å².